The van der Waals surface area contributed by atoms with Gasteiger partial charge in [-0.2, -0.15) is 0 Å². The lowest BCUT2D eigenvalue weighted by Gasteiger charge is -2.10. The van der Waals surface area contributed by atoms with E-state index in [-0.39, 0.29) is 17.7 Å². The van der Waals surface area contributed by atoms with Crippen molar-refractivity contribution in [3.63, 3.8) is 0 Å². The molecule has 1 heterocycles. The zero-order chi connectivity index (χ0) is 21.7. The molecule has 0 aliphatic rings. The summed E-state index contributed by atoms with van der Waals surface area (Å²) in [5.74, 6) is -0.413. The van der Waals surface area contributed by atoms with E-state index in [1.807, 2.05) is 25.1 Å². The molecule has 3 aromatic rings. The Hall–Kier alpha value is -3.87. The first-order valence-corrected chi connectivity index (χ1v) is 9.66. The number of benzene rings is 2. The fraction of sp³-hybridized carbons (Fsp3) is 0.174. The molecule has 0 atom stereocenters. The van der Waals surface area contributed by atoms with Crippen LogP contribution in [0, 0.1) is 6.92 Å². The third-order valence-corrected chi connectivity index (χ3v) is 4.63. The van der Waals surface area contributed by atoms with Crippen molar-refractivity contribution in [1.29, 1.82) is 0 Å². The van der Waals surface area contributed by atoms with E-state index in [4.69, 9.17) is 0 Å². The number of para-hydroxylation sites is 1. The number of aryl methyl sites for hydroxylation is 1. The highest BCUT2D eigenvalue weighted by atomic mass is 16.2. The number of H-pyrrole nitrogens is 1. The van der Waals surface area contributed by atoms with Crippen molar-refractivity contribution in [3.8, 4) is 0 Å². The van der Waals surface area contributed by atoms with Crippen LogP contribution in [-0.2, 0) is 6.42 Å². The molecule has 0 spiro atoms. The van der Waals surface area contributed by atoms with Gasteiger partial charge in [-0.25, -0.2) is 4.79 Å². The molecular formula is C23H24N4O3. The van der Waals surface area contributed by atoms with E-state index < -0.39 is 0 Å². The number of carbonyl (C=O) groups is 3. The first-order chi connectivity index (χ1) is 14.4. The first-order valence-electron chi connectivity index (χ1n) is 9.66. The summed E-state index contributed by atoms with van der Waals surface area (Å²) in [4.78, 5) is 39.9. The minimum absolute atomic E-state index is 0.0738. The molecule has 7 heteroatoms. The number of nitrogens with one attached hydrogen (secondary N) is 4. The number of hydrogen-bond donors (Lipinski definition) is 4. The molecule has 7 nitrogen and oxygen atoms in total. The molecule has 2 aromatic carbocycles. The second-order valence-electron chi connectivity index (χ2n) is 6.87. The lowest BCUT2D eigenvalue weighted by Crippen LogP contribution is -2.19. The number of aromatic amines is 1. The Bertz CT molecular complexity index is 1090. The number of aromatic nitrogens is 1. The highest BCUT2D eigenvalue weighted by Gasteiger charge is 2.21. The summed E-state index contributed by atoms with van der Waals surface area (Å²) >= 11 is 0. The lowest BCUT2D eigenvalue weighted by atomic mass is 10.0. The van der Waals surface area contributed by atoms with Crippen LogP contribution in [0.15, 0.2) is 54.6 Å². The van der Waals surface area contributed by atoms with Gasteiger partial charge in [-0.1, -0.05) is 31.2 Å². The Morgan fingerprint density at radius 1 is 0.867 bits per heavy atom. The van der Waals surface area contributed by atoms with E-state index in [2.05, 4.69) is 20.9 Å². The standard InChI is InChI=1S/C23H24N4O3/c1-4-19-20(15(3)28)14(2)24-21(19)22(29)25-17-11-8-12-18(13-17)27-23(30)26-16-9-6-5-7-10-16/h5-13,24H,4H2,1-3H3,(H,25,29)(H2,26,27,30). The normalized spacial score (nSPS) is 10.4. The second kappa shape index (κ2) is 9.09. The van der Waals surface area contributed by atoms with Crippen LogP contribution in [0.1, 0.15) is 46.0 Å². The van der Waals surface area contributed by atoms with Crippen LogP contribution in [0.2, 0.25) is 0 Å². The maximum Gasteiger partial charge on any atom is 0.323 e. The van der Waals surface area contributed by atoms with Crippen LogP contribution in [0.5, 0.6) is 0 Å². The summed E-state index contributed by atoms with van der Waals surface area (Å²) in [6.45, 7) is 5.18. The van der Waals surface area contributed by atoms with Gasteiger partial charge in [0.1, 0.15) is 5.69 Å². The Kier molecular flexibility index (Phi) is 6.32. The minimum atomic E-state index is -0.385. The van der Waals surface area contributed by atoms with Crippen molar-refractivity contribution in [3.05, 3.63) is 77.1 Å². The summed E-state index contributed by atoms with van der Waals surface area (Å²) in [6.07, 6.45) is 0.559. The molecule has 30 heavy (non-hydrogen) atoms. The van der Waals surface area contributed by atoms with Gasteiger partial charge >= 0.3 is 6.03 Å². The van der Waals surface area contributed by atoms with Gasteiger partial charge < -0.3 is 20.9 Å². The van der Waals surface area contributed by atoms with E-state index in [0.717, 1.165) is 0 Å². The summed E-state index contributed by atoms with van der Waals surface area (Å²) in [7, 11) is 0. The second-order valence-corrected chi connectivity index (χ2v) is 6.87. The number of urea groups is 1. The molecule has 0 aliphatic heterocycles. The van der Waals surface area contributed by atoms with Gasteiger partial charge in [0.2, 0.25) is 0 Å². The SMILES string of the molecule is CCc1c(C(=O)Nc2cccc(NC(=O)Nc3ccccc3)c2)[nH]c(C)c1C(C)=O. The van der Waals surface area contributed by atoms with E-state index in [9.17, 15) is 14.4 Å². The Morgan fingerprint density at radius 3 is 2.10 bits per heavy atom. The molecular weight excluding hydrogens is 380 g/mol. The molecule has 0 fully saturated rings. The number of hydrogen-bond acceptors (Lipinski definition) is 3. The Labute approximate surface area is 174 Å². The van der Waals surface area contributed by atoms with Crippen molar-refractivity contribution in [2.45, 2.75) is 27.2 Å². The molecule has 4 N–H and O–H groups in total. The molecule has 0 radical (unpaired) electrons. The zero-order valence-corrected chi connectivity index (χ0v) is 17.1. The summed E-state index contributed by atoms with van der Waals surface area (Å²) < 4.78 is 0. The van der Waals surface area contributed by atoms with Gasteiger partial charge in [0, 0.05) is 28.3 Å². The van der Waals surface area contributed by atoms with Gasteiger partial charge in [0.05, 0.1) is 0 Å². The van der Waals surface area contributed by atoms with Crippen LogP contribution < -0.4 is 16.0 Å². The van der Waals surface area contributed by atoms with Crippen molar-refractivity contribution in [1.82, 2.24) is 4.98 Å². The predicted octanol–water partition coefficient (Wildman–Crippen LogP) is 4.98. The van der Waals surface area contributed by atoms with E-state index in [0.29, 0.717) is 46.0 Å². The largest absolute Gasteiger partial charge is 0.354 e. The fourth-order valence-corrected chi connectivity index (χ4v) is 3.38. The topological polar surface area (TPSA) is 103 Å². The van der Waals surface area contributed by atoms with Gasteiger partial charge in [0.25, 0.3) is 5.91 Å². The zero-order valence-electron chi connectivity index (χ0n) is 17.1. The molecule has 3 amide bonds. The Balaban J connectivity index is 1.72. The van der Waals surface area contributed by atoms with Gasteiger partial charge in [-0.05, 0) is 56.2 Å². The fourth-order valence-electron chi connectivity index (χ4n) is 3.38. The van der Waals surface area contributed by atoms with Crippen LogP contribution in [0.4, 0.5) is 21.9 Å². The number of Topliss-reactive ketones (excluding diaryl/α,β-unsaturated/α-hetero) is 1. The van der Waals surface area contributed by atoms with Crippen molar-refractivity contribution in [2.75, 3.05) is 16.0 Å². The predicted molar refractivity (Wildman–Crippen MR) is 118 cm³/mol. The van der Waals surface area contributed by atoms with E-state index in [1.54, 1.807) is 43.3 Å². The molecule has 3 rings (SSSR count). The van der Waals surface area contributed by atoms with Crippen LogP contribution in [-0.4, -0.2) is 22.7 Å². The monoisotopic (exact) mass is 404 g/mol. The maximum absolute atomic E-state index is 12.8. The third kappa shape index (κ3) is 4.75. The van der Waals surface area contributed by atoms with Crippen LogP contribution in [0.3, 0.4) is 0 Å². The lowest BCUT2D eigenvalue weighted by molar-refractivity contribution is 0.101. The van der Waals surface area contributed by atoms with Gasteiger partial charge in [-0.3, -0.25) is 9.59 Å². The number of rotatable bonds is 6. The number of anilines is 3. The van der Waals surface area contributed by atoms with E-state index >= 15 is 0 Å². The Morgan fingerprint density at radius 2 is 1.47 bits per heavy atom. The highest BCUT2D eigenvalue weighted by molar-refractivity contribution is 6.08. The number of amides is 3. The van der Waals surface area contributed by atoms with Gasteiger partial charge in [0.15, 0.2) is 5.78 Å². The van der Waals surface area contributed by atoms with Crippen molar-refractivity contribution >= 4 is 34.8 Å². The number of carbonyl (C=O) groups excluding carboxylic acids is 3. The summed E-state index contributed by atoms with van der Waals surface area (Å²) in [5.41, 5.74) is 4.05. The smallest absolute Gasteiger partial charge is 0.323 e. The summed E-state index contributed by atoms with van der Waals surface area (Å²) in [5, 5.41) is 8.30. The summed E-state index contributed by atoms with van der Waals surface area (Å²) in [6, 6.07) is 15.6. The molecule has 1 aromatic heterocycles. The van der Waals surface area contributed by atoms with Gasteiger partial charge in [-0.15, -0.1) is 0 Å². The van der Waals surface area contributed by atoms with Crippen LogP contribution in [0.25, 0.3) is 0 Å². The first kappa shape index (κ1) is 20.9. The molecule has 0 bridgehead atoms. The van der Waals surface area contributed by atoms with Crippen LogP contribution >= 0.6 is 0 Å². The average molecular weight is 404 g/mol. The van der Waals surface area contributed by atoms with E-state index in [1.165, 1.54) is 6.92 Å². The molecule has 0 saturated heterocycles. The average Bonchev–Trinajstić information content (AvgIpc) is 3.05. The molecule has 0 saturated carbocycles. The molecule has 0 aliphatic carbocycles. The quantitative estimate of drug-likeness (QED) is 0.435. The van der Waals surface area contributed by atoms with Crippen molar-refractivity contribution < 1.29 is 14.4 Å². The molecule has 154 valence electrons. The maximum atomic E-state index is 12.8. The minimum Gasteiger partial charge on any atom is -0.354 e. The molecule has 0 unspecified atom stereocenters. The van der Waals surface area contributed by atoms with Crippen molar-refractivity contribution in [2.24, 2.45) is 0 Å². The highest BCUT2D eigenvalue weighted by Crippen LogP contribution is 2.22. The third-order valence-electron chi connectivity index (χ3n) is 4.63. The number of ketones is 1.